The Morgan fingerprint density at radius 3 is 2.04 bits per heavy atom. The molecule has 0 amide bonds. The molecule has 1 aromatic heterocycles. The Morgan fingerprint density at radius 2 is 1.50 bits per heavy atom. The molecule has 146 valence electrons. The number of nitrogens with one attached hydrogen (secondary N) is 2. The molecule has 0 aliphatic rings. The zero-order chi connectivity index (χ0) is 19.4. The van der Waals surface area contributed by atoms with Crippen LogP contribution in [0.1, 0.15) is 11.3 Å². The Balaban J connectivity index is 2.20. The molecule has 0 aromatic carbocycles. The summed E-state index contributed by atoms with van der Waals surface area (Å²) in [6.45, 7) is 4.96. The molecular formula is C16H30N8S2. The van der Waals surface area contributed by atoms with Crippen molar-refractivity contribution in [1.29, 1.82) is 0 Å². The zero-order valence-electron chi connectivity index (χ0n) is 15.6. The average Bonchev–Trinajstić information content (AvgIpc) is 2.61. The van der Waals surface area contributed by atoms with E-state index in [0.717, 1.165) is 57.8 Å². The quantitative estimate of drug-likeness (QED) is 0.261. The second-order valence-electron chi connectivity index (χ2n) is 6.07. The Bertz CT molecular complexity index is 524. The summed E-state index contributed by atoms with van der Waals surface area (Å²) in [5, 5.41) is 15.8. The first-order valence-corrected chi connectivity index (χ1v) is 9.45. The van der Waals surface area contributed by atoms with E-state index in [9.17, 15) is 0 Å². The summed E-state index contributed by atoms with van der Waals surface area (Å²) in [5.74, 6) is 0. The molecule has 1 aromatic rings. The molecule has 0 unspecified atom stereocenters. The van der Waals surface area contributed by atoms with Crippen LogP contribution in [-0.4, -0.2) is 83.6 Å². The van der Waals surface area contributed by atoms with Crippen LogP contribution in [0.15, 0.2) is 12.3 Å². The van der Waals surface area contributed by atoms with Gasteiger partial charge in [-0.1, -0.05) is 0 Å². The molecule has 6 N–H and O–H groups in total. The number of hydrogen-bond donors (Lipinski definition) is 4. The van der Waals surface area contributed by atoms with Crippen molar-refractivity contribution in [2.75, 3.05) is 53.4 Å². The minimum atomic E-state index is 0.413. The van der Waals surface area contributed by atoms with Gasteiger partial charge >= 0.3 is 0 Å². The topological polar surface area (TPSA) is 108 Å². The average molecular weight is 399 g/mol. The summed E-state index contributed by atoms with van der Waals surface area (Å²) in [6, 6.07) is 2.11. The van der Waals surface area contributed by atoms with E-state index >= 15 is 0 Å². The third-order valence-electron chi connectivity index (χ3n) is 3.91. The fourth-order valence-electron chi connectivity index (χ4n) is 2.13. The highest BCUT2D eigenvalue weighted by molar-refractivity contribution is 7.80. The van der Waals surface area contributed by atoms with Crippen molar-refractivity contribution in [3.8, 4) is 0 Å². The molecule has 0 saturated carbocycles. The molecule has 0 atom stereocenters. The molecule has 0 aliphatic heterocycles. The molecular weight excluding hydrogens is 368 g/mol. The number of thiocarbonyl (C=S) groups is 2. The number of nitrogens with zero attached hydrogens (tertiary/aromatic N) is 4. The predicted octanol–water partition coefficient (Wildman–Crippen LogP) is -0.908. The van der Waals surface area contributed by atoms with Crippen molar-refractivity contribution < 1.29 is 0 Å². The third-order valence-corrected chi connectivity index (χ3v) is 4.53. The fourth-order valence-corrected chi connectivity index (χ4v) is 2.31. The van der Waals surface area contributed by atoms with Crippen LogP contribution in [0.5, 0.6) is 0 Å². The molecule has 0 saturated heterocycles. The van der Waals surface area contributed by atoms with Crippen molar-refractivity contribution in [2.24, 2.45) is 11.5 Å². The van der Waals surface area contributed by atoms with E-state index in [2.05, 4.69) is 26.9 Å². The molecule has 1 heterocycles. The normalized spacial score (nSPS) is 10.5. The Hall–Kier alpha value is -1.62. The van der Waals surface area contributed by atoms with Crippen LogP contribution in [0, 0.1) is 0 Å². The lowest BCUT2D eigenvalue weighted by molar-refractivity contribution is 0.484. The highest BCUT2D eigenvalue weighted by Crippen LogP contribution is 2.01. The predicted molar refractivity (Wildman–Crippen MR) is 114 cm³/mol. The fraction of sp³-hybridized carbons (Fsp3) is 0.625. The number of rotatable bonds is 12. The summed E-state index contributed by atoms with van der Waals surface area (Å²) in [7, 11) is 3.77. The maximum atomic E-state index is 5.54. The summed E-state index contributed by atoms with van der Waals surface area (Å²) < 4.78 is 0. The first kappa shape index (κ1) is 22.4. The lowest BCUT2D eigenvalue weighted by atomic mass is 10.1. The minimum absolute atomic E-state index is 0.413. The van der Waals surface area contributed by atoms with Gasteiger partial charge in [-0.25, -0.2) is 0 Å². The summed E-state index contributed by atoms with van der Waals surface area (Å²) >= 11 is 9.81. The second kappa shape index (κ2) is 12.7. The SMILES string of the molecule is CN(CCNCCc1cnnc(CCNCCN(C)C(N)=S)c1)C(N)=S. The van der Waals surface area contributed by atoms with Crippen LogP contribution in [0.3, 0.4) is 0 Å². The molecule has 1 rings (SSSR count). The molecule has 0 spiro atoms. The van der Waals surface area contributed by atoms with Crippen LogP contribution < -0.4 is 22.1 Å². The van der Waals surface area contributed by atoms with Gasteiger partial charge in [-0.05, 0) is 49.0 Å². The van der Waals surface area contributed by atoms with Crippen molar-refractivity contribution >= 4 is 34.7 Å². The monoisotopic (exact) mass is 398 g/mol. The summed E-state index contributed by atoms with van der Waals surface area (Å²) in [5.41, 5.74) is 13.2. The lowest BCUT2D eigenvalue weighted by Gasteiger charge is -2.16. The molecule has 10 heteroatoms. The molecule has 26 heavy (non-hydrogen) atoms. The van der Waals surface area contributed by atoms with Gasteiger partial charge in [0.05, 0.1) is 11.9 Å². The first-order valence-electron chi connectivity index (χ1n) is 8.63. The summed E-state index contributed by atoms with van der Waals surface area (Å²) in [4.78, 5) is 3.69. The Kier molecular flexibility index (Phi) is 10.9. The maximum absolute atomic E-state index is 5.54. The van der Waals surface area contributed by atoms with Gasteiger partial charge in [0.15, 0.2) is 10.2 Å². The molecule has 0 bridgehead atoms. The van der Waals surface area contributed by atoms with Gasteiger partial charge < -0.3 is 31.9 Å². The van der Waals surface area contributed by atoms with Gasteiger partial charge in [0.2, 0.25) is 0 Å². The van der Waals surface area contributed by atoms with E-state index in [-0.39, 0.29) is 0 Å². The lowest BCUT2D eigenvalue weighted by Crippen LogP contribution is -2.37. The van der Waals surface area contributed by atoms with Crippen LogP contribution in [0.4, 0.5) is 0 Å². The van der Waals surface area contributed by atoms with Crippen molar-refractivity contribution in [3.63, 3.8) is 0 Å². The van der Waals surface area contributed by atoms with Crippen molar-refractivity contribution in [3.05, 3.63) is 23.5 Å². The smallest absolute Gasteiger partial charge is 0.166 e. The largest absolute Gasteiger partial charge is 0.376 e. The van der Waals surface area contributed by atoms with E-state index in [4.69, 9.17) is 35.9 Å². The minimum Gasteiger partial charge on any atom is -0.376 e. The standard InChI is InChI=1S/C16H30N8S2/c1-23(15(17)25)9-7-19-5-3-13-11-14(22-21-12-13)4-6-20-8-10-24(2)16(18)26/h11-12,19-20H,3-10H2,1-2H3,(H2,17,25)(H2,18,26). The number of likely N-dealkylation sites (N-methyl/N-ethyl adjacent to an activating group) is 2. The highest BCUT2D eigenvalue weighted by Gasteiger charge is 2.02. The molecule has 8 nitrogen and oxygen atoms in total. The number of aromatic nitrogens is 2. The van der Waals surface area contributed by atoms with Gasteiger partial charge in [-0.2, -0.15) is 10.2 Å². The molecule has 0 fully saturated rings. The van der Waals surface area contributed by atoms with E-state index in [1.165, 1.54) is 5.56 Å². The van der Waals surface area contributed by atoms with Crippen LogP contribution in [0.25, 0.3) is 0 Å². The van der Waals surface area contributed by atoms with Crippen LogP contribution in [0.2, 0.25) is 0 Å². The van der Waals surface area contributed by atoms with Gasteiger partial charge in [0, 0.05) is 53.2 Å². The van der Waals surface area contributed by atoms with Gasteiger partial charge in [-0.15, -0.1) is 0 Å². The van der Waals surface area contributed by atoms with E-state index < -0.39 is 0 Å². The van der Waals surface area contributed by atoms with Gasteiger partial charge in [0.1, 0.15) is 0 Å². The zero-order valence-corrected chi connectivity index (χ0v) is 17.2. The number of hydrogen-bond acceptors (Lipinski definition) is 6. The summed E-state index contributed by atoms with van der Waals surface area (Å²) in [6.07, 6.45) is 3.56. The third kappa shape index (κ3) is 9.76. The molecule has 0 radical (unpaired) electrons. The van der Waals surface area contributed by atoms with Crippen LogP contribution >= 0.6 is 24.4 Å². The maximum Gasteiger partial charge on any atom is 0.166 e. The van der Waals surface area contributed by atoms with Gasteiger partial charge in [0.25, 0.3) is 0 Å². The second-order valence-corrected chi connectivity index (χ2v) is 6.91. The Labute approximate surface area is 166 Å². The van der Waals surface area contributed by atoms with Crippen molar-refractivity contribution in [1.82, 2.24) is 30.6 Å². The van der Waals surface area contributed by atoms with E-state index in [0.29, 0.717) is 10.2 Å². The number of nitrogens with two attached hydrogens (primary N) is 2. The molecule has 0 aliphatic carbocycles. The van der Waals surface area contributed by atoms with E-state index in [1.54, 1.807) is 0 Å². The van der Waals surface area contributed by atoms with Crippen LogP contribution in [-0.2, 0) is 12.8 Å². The van der Waals surface area contributed by atoms with Crippen molar-refractivity contribution in [2.45, 2.75) is 12.8 Å². The Morgan fingerprint density at radius 1 is 0.962 bits per heavy atom. The highest BCUT2D eigenvalue weighted by atomic mass is 32.1. The van der Waals surface area contributed by atoms with Gasteiger partial charge in [-0.3, -0.25) is 0 Å². The first-order chi connectivity index (χ1) is 12.4. The van der Waals surface area contributed by atoms with E-state index in [1.807, 2.05) is 30.1 Å².